The second-order valence-electron chi connectivity index (χ2n) is 13.4. The molecular weight excluding hydrogens is 845 g/mol. The van der Waals surface area contributed by atoms with Crippen molar-refractivity contribution in [3.05, 3.63) is 178 Å². The molecule has 328 valence electrons. The summed E-state index contributed by atoms with van der Waals surface area (Å²) >= 11 is 0. The molecule has 4 aromatic carbocycles. The smallest absolute Gasteiger partial charge is 0.150 e. The zero-order valence-corrected chi connectivity index (χ0v) is 33.4. The van der Waals surface area contributed by atoms with Crippen LogP contribution in [-0.4, -0.2) is 80.5 Å². The number of azide groups is 1. The lowest BCUT2D eigenvalue weighted by Crippen LogP contribution is -2.37. The summed E-state index contributed by atoms with van der Waals surface area (Å²) in [6.45, 7) is -0.603. The molecular formula is C42H36F4N12O6. The molecule has 7 aromatic rings. The Bertz CT molecular complexity index is 2670. The van der Waals surface area contributed by atoms with Crippen LogP contribution < -0.4 is 9.47 Å². The van der Waals surface area contributed by atoms with Crippen LogP contribution in [0.5, 0.6) is 11.5 Å². The fraction of sp³-hybridized carbons (Fsp3) is 0.190. The van der Waals surface area contributed by atoms with Crippen molar-refractivity contribution in [3.8, 4) is 23.8 Å². The predicted molar refractivity (Wildman–Crippen MR) is 217 cm³/mol. The van der Waals surface area contributed by atoms with Crippen molar-refractivity contribution in [2.24, 2.45) is 5.11 Å². The molecule has 0 aliphatic rings. The van der Waals surface area contributed by atoms with Gasteiger partial charge in [0.05, 0.1) is 32.4 Å². The molecule has 2 atom stereocenters. The number of ether oxygens (including phenoxy) is 2. The van der Waals surface area contributed by atoms with E-state index in [1.807, 2.05) is 0 Å². The van der Waals surface area contributed by atoms with Crippen LogP contribution >= 0.6 is 0 Å². The Morgan fingerprint density at radius 3 is 1.70 bits per heavy atom. The van der Waals surface area contributed by atoms with Gasteiger partial charge in [-0.3, -0.25) is 9.59 Å². The van der Waals surface area contributed by atoms with Crippen LogP contribution in [-0.2, 0) is 37.4 Å². The van der Waals surface area contributed by atoms with Crippen LogP contribution in [0.1, 0.15) is 37.5 Å². The van der Waals surface area contributed by atoms with Gasteiger partial charge in [-0.05, 0) is 66.2 Å². The maximum Gasteiger partial charge on any atom is 0.150 e. The van der Waals surface area contributed by atoms with Gasteiger partial charge in [0, 0.05) is 39.3 Å². The monoisotopic (exact) mass is 880 g/mol. The molecule has 7 rings (SSSR count). The zero-order valence-electron chi connectivity index (χ0n) is 33.4. The van der Waals surface area contributed by atoms with Gasteiger partial charge >= 0.3 is 0 Å². The first-order chi connectivity index (χ1) is 30.9. The van der Waals surface area contributed by atoms with E-state index in [0.717, 1.165) is 30.8 Å². The van der Waals surface area contributed by atoms with Crippen LogP contribution in [0.3, 0.4) is 0 Å². The fourth-order valence-electron chi connectivity index (χ4n) is 5.81. The maximum absolute atomic E-state index is 14.5. The molecule has 0 radical (unpaired) electrons. The highest BCUT2D eigenvalue weighted by Gasteiger charge is 2.35. The number of aliphatic hydroxyl groups is 2. The van der Waals surface area contributed by atoms with E-state index in [9.17, 15) is 37.4 Å². The van der Waals surface area contributed by atoms with E-state index in [0.29, 0.717) is 40.5 Å². The Labute approximate surface area is 361 Å². The Balaban J connectivity index is 0.000000204. The number of aromatic nitrogens is 9. The molecule has 0 aliphatic heterocycles. The van der Waals surface area contributed by atoms with Gasteiger partial charge in [-0.1, -0.05) is 28.4 Å². The molecule has 3 heterocycles. The molecule has 0 spiro atoms. The molecule has 0 bridgehead atoms. The van der Waals surface area contributed by atoms with Crippen molar-refractivity contribution in [1.82, 2.24) is 44.5 Å². The summed E-state index contributed by atoms with van der Waals surface area (Å²) in [4.78, 5) is 31.1. The van der Waals surface area contributed by atoms with Crippen molar-refractivity contribution in [2.75, 3.05) is 13.2 Å². The fourth-order valence-corrected chi connectivity index (χ4v) is 5.81. The lowest BCUT2D eigenvalue weighted by Gasteiger charge is -2.28. The number of carbonyl (C=O) groups is 2. The molecule has 18 nitrogen and oxygen atoms in total. The number of rotatable bonds is 17. The number of hydrogen-bond acceptors (Lipinski definition) is 13. The minimum Gasteiger partial charge on any atom is -0.487 e. The highest BCUT2D eigenvalue weighted by atomic mass is 19.1. The lowest BCUT2D eigenvalue weighted by molar-refractivity contribution is -0.00893. The van der Waals surface area contributed by atoms with Gasteiger partial charge in [0.15, 0.2) is 0 Å². The Kier molecular flexibility index (Phi) is 16.5. The average molecular weight is 881 g/mol. The lowest BCUT2D eigenvalue weighted by atomic mass is 9.93. The molecule has 0 fully saturated rings. The minimum atomic E-state index is -1.85. The summed E-state index contributed by atoms with van der Waals surface area (Å²) in [7, 11) is 0. The average Bonchev–Trinajstić information content (AvgIpc) is 4.10. The highest BCUT2D eigenvalue weighted by molar-refractivity contribution is 5.75. The summed E-state index contributed by atoms with van der Waals surface area (Å²) < 4.78 is 69.3. The summed E-state index contributed by atoms with van der Waals surface area (Å²) in [6.07, 6.45) is 13.3. The molecule has 0 saturated carbocycles. The first-order valence-corrected chi connectivity index (χ1v) is 18.6. The van der Waals surface area contributed by atoms with Crippen LogP contribution in [0.2, 0.25) is 0 Å². The summed E-state index contributed by atoms with van der Waals surface area (Å²) in [5, 5.41) is 40.9. The second kappa shape index (κ2) is 22.6. The van der Waals surface area contributed by atoms with Crippen LogP contribution in [0, 0.1) is 35.6 Å². The van der Waals surface area contributed by atoms with Crippen LogP contribution in [0.4, 0.5) is 17.6 Å². The van der Waals surface area contributed by atoms with Crippen LogP contribution in [0.15, 0.2) is 122 Å². The first-order valence-electron chi connectivity index (χ1n) is 18.6. The molecule has 22 heteroatoms. The SMILES string of the molecule is C#CCOc1ccc(C=O)cc1.O=Cc1ccc(OCc2cn(CC(O)(Cn3cncn3)c3ccc(F)cc3F)nn2)cc1.[N-]=[N+]=NCC(O)(Cn1cncn1)c1ccc(F)cc1F. The Morgan fingerprint density at radius 1 is 0.734 bits per heavy atom. The summed E-state index contributed by atoms with van der Waals surface area (Å²) in [6, 6.07) is 19.1. The maximum atomic E-state index is 14.5. The number of benzene rings is 4. The van der Waals surface area contributed by atoms with Crippen molar-refractivity contribution < 1.29 is 46.8 Å². The molecule has 0 saturated heterocycles. The molecule has 64 heavy (non-hydrogen) atoms. The summed E-state index contributed by atoms with van der Waals surface area (Å²) in [5.74, 6) is 0.232. The highest BCUT2D eigenvalue weighted by Crippen LogP contribution is 2.29. The van der Waals surface area contributed by atoms with Crippen molar-refractivity contribution in [2.45, 2.75) is 37.4 Å². The van der Waals surface area contributed by atoms with E-state index in [4.69, 9.17) is 21.4 Å². The van der Waals surface area contributed by atoms with Gasteiger partial charge < -0.3 is 19.7 Å². The molecule has 0 aliphatic carbocycles. The van der Waals surface area contributed by atoms with Gasteiger partial charge in [-0.2, -0.15) is 10.2 Å². The topological polar surface area (TPSA) is 234 Å². The standard InChI is InChI=1S/C21H18F2N6O3.C11H10F2N6O.C10H8O2/c22-16-3-6-19(20(23)7-16)21(31,12-29-14-24-13-25-29)11-28-8-17(26-27-28)10-32-18-4-1-15(9-30)2-5-18;12-8-1-2-9(10(13)3-8)11(20,4-16-18-14)5-19-7-15-6-17-19;1-2-7-12-10-5-3-9(8-11)4-6-10/h1-9,13-14,31H,10-12H2;1-3,6-7,20H,4-5H2;1,3-6,8H,7H2. The predicted octanol–water partition coefficient (Wildman–Crippen LogP) is 5.39. The quantitative estimate of drug-likeness (QED) is 0.0293. The molecule has 0 amide bonds. The van der Waals surface area contributed by atoms with Gasteiger partial charge in [0.25, 0.3) is 0 Å². The largest absolute Gasteiger partial charge is 0.487 e. The second-order valence-corrected chi connectivity index (χ2v) is 13.4. The molecule has 2 unspecified atom stereocenters. The van der Waals surface area contributed by atoms with Crippen molar-refractivity contribution in [3.63, 3.8) is 0 Å². The molecule has 3 aromatic heterocycles. The van der Waals surface area contributed by atoms with Gasteiger partial charge in [0.1, 0.15) is 103 Å². The molecule has 2 N–H and O–H groups in total. The van der Waals surface area contributed by atoms with Crippen LogP contribution in [0.25, 0.3) is 10.4 Å². The van der Waals surface area contributed by atoms with E-state index in [2.05, 4.69) is 46.4 Å². The summed E-state index contributed by atoms with van der Waals surface area (Å²) in [5.41, 5.74) is 6.04. The van der Waals surface area contributed by atoms with Gasteiger partial charge in [0.2, 0.25) is 0 Å². The number of nitrogens with zero attached hydrogens (tertiary/aromatic N) is 12. The van der Waals surface area contributed by atoms with E-state index in [1.54, 1.807) is 54.7 Å². The third kappa shape index (κ3) is 13.4. The van der Waals surface area contributed by atoms with E-state index < -0.39 is 41.0 Å². The first kappa shape index (κ1) is 46.8. The van der Waals surface area contributed by atoms with Crippen molar-refractivity contribution in [1.29, 1.82) is 0 Å². The number of carbonyl (C=O) groups excluding carboxylic acids is 2. The normalized spacial score (nSPS) is 12.3. The number of hydrogen-bond donors (Lipinski definition) is 2. The number of halogens is 4. The van der Waals surface area contributed by atoms with Gasteiger partial charge in [-0.15, -0.1) is 11.5 Å². The third-order valence-corrected chi connectivity index (χ3v) is 8.79. The number of aldehydes is 2. The van der Waals surface area contributed by atoms with Gasteiger partial charge in [-0.25, -0.2) is 41.6 Å². The van der Waals surface area contributed by atoms with Crippen molar-refractivity contribution >= 4 is 12.6 Å². The Morgan fingerprint density at radius 2 is 1.23 bits per heavy atom. The number of terminal acetylenes is 1. The zero-order chi connectivity index (χ0) is 46.0. The Hall–Kier alpha value is -8.25. The van der Waals surface area contributed by atoms with E-state index in [-0.39, 0.29) is 44.0 Å². The minimum absolute atomic E-state index is 0.0901. The van der Waals surface area contributed by atoms with E-state index >= 15 is 0 Å². The van der Waals surface area contributed by atoms with E-state index in [1.165, 1.54) is 45.4 Å². The third-order valence-electron chi connectivity index (χ3n) is 8.79.